The SMILES string of the molecule is CCC(=O)/C=C/CN1CCOCC1=O. The van der Waals surface area contributed by atoms with E-state index in [0.717, 1.165) is 0 Å². The quantitative estimate of drug-likeness (QED) is 0.612. The molecular weight excluding hydrogens is 182 g/mol. The minimum absolute atomic E-state index is 0.00940. The summed E-state index contributed by atoms with van der Waals surface area (Å²) in [7, 11) is 0. The first-order valence-electron chi connectivity index (χ1n) is 4.79. The Balaban J connectivity index is 2.32. The number of nitrogens with zero attached hydrogens (tertiary/aromatic N) is 1. The monoisotopic (exact) mass is 197 g/mol. The first-order chi connectivity index (χ1) is 6.74. The van der Waals surface area contributed by atoms with E-state index in [1.807, 2.05) is 6.92 Å². The van der Waals surface area contributed by atoms with E-state index in [2.05, 4.69) is 0 Å². The van der Waals surface area contributed by atoms with Gasteiger partial charge in [-0.05, 0) is 6.08 Å². The number of rotatable bonds is 4. The number of hydrogen-bond donors (Lipinski definition) is 0. The van der Waals surface area contributed by atoms with Crippen molar-refractivity contribution in [2.24, 2.45) is 0 Å². The van der Waals surface area contributed by atoms with Gasteiger partial charge in [-0.25, -0.2) is 0 Å². The van der Waals surface area contributed by atoms with Gasteiger partial charge < -0.3 is 9.64 Å². The fourth-order valence-corrected chi connectivity index (χ4v) is 1.17. The highest BCUT2D eigenvalue weighted by atomic mass is 16.5. The molecule has 1 heterocycles. The summed E-state index contributed by atoms with van der Waals surface area (Å²) in [5.41, 5.74) is 0. The molecule has 1 fully saturated rings. The van der Waals surface area contributed by atoms with E-state index < -0.39 is 0 Å². The number of ether oxygens (including phenoxy) is 1. The van der Waals surface area contributed by atoms with Crippen LogP contribution in [-0.4, -0.2) is 42.9 Å². The van der Waals surface area contributed by atoms with Crippen LogP contribution in [0.3, 0.4) is 0 Å². The van der Waals surface area contributed by atoms with Crippen LogP contribution in [0.2, 0.25) is 0 Å². The molecule has 78 valence electrons. The van der Waals surface area contributed by atoms with Crippen LogP contribution in [0.5, 0.6) is 0 Å². The Morgan fingerprint density at radius 2 is 2.43 bits per heavy atom. The third kappa shape index (κ3) is 3.30. The Bertz CT molecular complexity index is 248. The second kappa shape index (κ2) is 5.54. The summed E-state index contributed by atoms with van der Waals surface area (Å²) in [6.45, 7) is 3.68. The fourth-order valence-electron chi connectivity index (χ4n) is 1.17. The zero-order valence-electron chi connectivity index (χ0n) is 8.36. The van der Waals surface area contributed by atoms with Gasteiger partial charge in [0.05, 0.1) is 6.61 Å². The molecule has 0 aromatic heterocycles. The lowest BCUT2D eigenvalue weighted by atomic mass is 10.3. The summed E-state index contributed by atoms with van der Waals surface area (Å²) in [5, 5.41) is 0. The van der Waals surface area contributed by atoms with Crippen LogP contribution in [-0.2, 0) is 14.3 Å². The van der Waals surface area contributed by atoms with Gasteiger partial charge in [0.15, 0.2) is 5.78 Å². The molecule has 14 heavy (non-hydrogen) atoms. The number of amides is 1. The molecule has 1 aliphatic rings. The van der Waals surface area contributed by atoms with Crippen molar-refractivity contribution in [3.8, 4) is 0 Å². The number of allylic oxidation sites excluding steroid dienone is 1. The predicted molar refractivity (Wildman–Crippen MR) is 51.8 cm³/mol. The van der Waals surface area contributed by atoms with E-state index in [0.29, 0.717) is 26.1 Å². The van der Waals surface area contributed by atoms with Crippen LogP contribution in [0.25, 0.3) is 0 Å². The van der Waals surface area contributed by atoms with Crippen LogP contribution in [0.4, 0.5) is 0 Å². The molecule has 0 N–H and O–H groups in total. The molecule has 0 aromatic rings. The number of hydrogen-bond acceptors (Lipinski definition) is 3. The van der Waals surface area contributed by atoms with Gasteiger partial charge in [-0.3, -0.25) is 9.59 Å². The number of ketones is 1. The van der Waals surface area contributed by atoms with Crippen LogP contribution < -0.4 is 0 Å². The van der Waals surface area contributed by atoms with Crippen LogP contribution in [0, 0.1) is 0 Å². The Labute approximate surface area is 83.5 Å². The molecule has 0 spiro atoms. The van der Waals surface area contributed by atoms with Crippen LogP contribution >= 0.6 is 0 Å². The van der Waals surface area contributed by atoms with Crippen molar-refractivity contribution in [2.45, 2.75) is 13.3 Å². The van der Waals surface area contributed by atoms with Gasteiger partial charge in [0, 0.05) is 19.5 Å². The van der Waals surface area contributed by atoms with E-state index in [4.69, 9.17) is 4.74 Å². The Morgan fingerprint density at radius 3 is 3.07 bits per heavy atom. The summed E-state index contributed by atoms with van der Waals surface area (Å²) in [4.78, 5) is 23.8. The zero-order valence-corrected chi connectivity index (χ0v) is 8.36. The van der Waals surface area contributed by atoms with E-state index in [9.17, 15) is 9.59 Å². The highest BCUT2D eigenvalue weighted by molar-refractivity contribution is 5.89. The van der Waals surface area contributed by atoms with Gasteiger partial charge in [-0.15, -0.1) is 0 Å². The number of morpholine rings is 1. The Hall–Kier alpha value is -1.16. The average molecular weight is 197 g/mol. The lowest BCUT2D eigenvalue weighted by Gasteiger charge is -2.25. The molecule has 0 bridgehead atoms. The van der Waals surface area contributed by atoms with Crippen molar-refractivity contribution < 1.29 is 14.3 Å². The van der Waals surface area contributed by atoms with Crippen molar-refractivity contribution in [3.63, 3.8) is 0 Å². The molecule has 0 atom stereocenters. The lowest BCUT2D eigenvalue weighted by molar-refractivity contribution is -0.141. The first kappa shape index (κ1) is 10.9. The highest BCUT2D eigenvalue weighted by Gasteiger charge is 2.16. The van der Waals surface area contributed by atoms with E-state index in [1.54, 1.807) is 11.0 Å². The molecular formula is C10H15NO3. The highest BCUT2D eigenvalue weighted by Crippen LogP contribution is 1.98. The summed E-state index contributed by atoms with van der Waals surface area (Å²) in [6.07, 6.45) is 3.77. The van der Waals surface area contributed by atoms with Crippen molar-refractivity contribution in [1.82, 2.24) is 4.90 Å². The topological polar surface area (TPSA) is 46.6 Å². The average Bonchev–Trinajstić information content (AvgIpc) is 2.20. The van der Waals surface area contributed by atoms with Gasteiger partial charge in [0.2, 0.25) is 5.91 Å². The summed E-state index contributed by atoms with van der Waals surface area (Å²) < 4.78 is 4.98. The maximum atomic E-state index is 11.2. The standard InChI is InChI=1S/C10H15NO3/c1-2-9(12)4-3-5-11-6-7-14-8-10(11)13/h3-4H,2,5-8H2,1H3/b4-3+. The second-order valence-electron chi connectivity index (χ2n) is 3.11. The molecule has 1 aliphatic heterocycles. The molecule has 0 aromatic carbocycles. The molecule has 4 heteroatoms. The molecule has 0 saturated carbocycles. The smallest absolute Gasteiger partial charge is 0.248 e. The number of carbonyl (C=O) groups is 2. The largest absolute Gasteiger partial charge is 0.370 e. The van der Waals surface area contributed by atoms with Gasteiger partial charge in [-0.2, -0.15) is 0 Å². The van der Waals surface area contributed by atoms with Gasteiger partial charge in [0.25, 0.3) is 0 Å². The molecule has 1 amide bonds. The Kier molecular flexibility index (Phi) is 4.32. The van der Waals surface area contributed by atoms with E-state index >= 15 is 0 Å². The zero-order chi connectivity index (χ0) is 10.4. The Morgan fingerprint density at radius 1 is 1.64 bits per heavy atom. The maximum Gasteiger partial charge on any atom is 0.248 e. The number of carbonyl (C=O) groups excluding carboxylic acids is 2. The minimum atomic E-state index is -0.00940. The van der Waals surface area contributed by atoms with Crippen molar-refractivity contribution >= 4 is 11.7 Å². The van der Waals surface area contributed by atoms with Gasteiger partial charge >= 0.3 is 0 Å². The molecule has 0 radical (unpaired) electrons. The predicted octanol–water partition coefficient (Wildman–Crippen LogP) is 0.380. The molecule has 4 nitrogen and oxygen atoms in total. The van der Waals surface area contributed by atoms with Crippen molar-refractivity contribution in [1.29, 1.82) is 0 Å². The van der Waals surface area contributed by atoms with E-state index in [1.165, 1.54) is 6.08 Å². The molecule has 1 saturated heterocycles. The minimum Gasteiger partial charge on any atom is -0.370 e. The van der Waals surface area contributed by atoms with Crippen molar-refractivity contribution in [3.05, 3.63) is 12.2 Å². The third-order valence-corrected chi connectivity index (χ3v) is 2.06. The summed E-state index contributed by atoms with van der Waals surface area (Å²) >= 11 is 0. The summed E-state index contributed by atoms with van der Waals surface area (Å²) in [6, 6.07) is 0. The molecule has 0 unspecified atom stereocenters. The maximum absolute atomic E-state index is 11.2. The molecule has 1 rings (SSSR count). The summed E-state index contributed by atoms with van der Waals surface area (Å²) in [5.74, 6) is 0.0792. The third-order valence-electron chi connectivity index (χ3n) is 2.06. The van der Waals surface area contributed by atoms with E-state index in [-0.39, 0.29) is 18.3 Å². The van der Waals surface area contributed by atoms with Crippen LogP contribution in [0.15, 0.2) is 12.2 Å². The van der Waals surface area contributed by atoms with Crippen molar-refractivity contribution in [2.75, 3.05) is 26.3 Å². The normalized spacial score (nSPS) is 17.8. The first-order valence-corrected chi connectivity index (χ1v) is 4.79. The molecule has 0 aliphatic carbocycles. The van der Waals surface area contributed by atoms with Gasteiger partial charge in [-0.1, -0.05) is 13.0 Å². The van der Waals surface area contributed by atoms with Crippen LogP contribution in [0.1, 0.15) is 13.3 Å². The second-order valence-corrected chi connectivity index (χ2v) is 3.11. The van der Waals surface area contributed by atoms with Gasteiger partial charge in [0.1, 0.15) is 6.61 Å². The fraction of sp³-hybridized carbons (Fsp3) is 0.600. The lowest BCUT2D eigenvalue weighted by Crippen LogP contribution is -2.41.